The molecule has 1 fully saturated rings. The second-order valence-corrected chi connectivity index (χ2v) is 7.57. The van der Waals surface area contributed by atoms with E-state index in [-0.39, 0.29) is 5.92 Å². The lowest BCUT2D eigenvalue weighted by atomic mass is 10.00. The molecule has 1 amide bonds. The van der Waals surface area contributed by atoms with Crippen LogP contribution < -0.4 is 0 Å². The summed E-state index contributed by atoms with van der Waals surface area (Å²) in [4.78, 5) is 19.6. The maximum atomic E-state index is 13.0. The molecule has 0 spiro atoms. The second-order valence-electron chi connectivity index (χ2n) is 7.57. The quantitative estimate of drug-likeness (QED) is 0.711. The fourth-order valence-corrected chi connectivity index (χ4v) is 4.63. The van der Waals surface area contributed by atoms with E-state index in [0.717, 1.165) is 44.3 Å². The van der Waals surface area contributed by atoms with Crippen LogP contribution in [0.2, 0.25) is 0 Å². The molecule has 0 bridgehead atoms. The highest BCUT2D eigenvalue weighted by Gasteiger charge is 2.32. The van der Waals surface area contributed by atoms with Crippen molar-refractivity contribution >= 4 is 16.9 Å². The number of hydrogen-bond acceptors (Lipinski definition) is 2. The van der Waals surface area contributed by atoms with Crippen LogP contribution in [-0.4, -0.2) is 33.4 Å². The number of amides is 1. The van der Waals surface area contributed by atoms with Gasteiger partial charge in [0.05, 0.1) is 17.4 Å². The largest absolute Gasteiger partial charge is 0.342 e. The second kappa shape index (κ2) is 6.27. The van der Waals surface area contributed by atoms with E-state index >= 15 is 0 Å². The summed E-state index contributed by atoms with van der Waals surface area (Å²) < 4.78 is 2.29. The van der Waals surface area contributed by atoms with Gasteiger partial charge in [0.2, 0.25) is 5.91 Å². The smallest absolute Gasteiger partial charge is 0.226 e. The summed E-state index contributed by atoms with van der Waals surface area (Å²) in [6, 6.07) is 17.2. The molecule has 132 valence electrons. The average Bonchev–Trinajstić information content (AvgIpc) is 3.32. The Morgan fingerprint density at radius 2 is 1.58 bits per heavy atom. The number of aromatic nitrogens is 2. The van der Waals surface area contributed by atoms with Crippen LogP contribution in [0.5, 0.6) is 0 Å². The normalized spacial score (nSPS) is 18.4. The van der Waals surface area contributed by atoms with Crippen LogP contribution in [0.15, 0.2) is 54.9 Å². The predicted molar refractivity (Wildman–Crippen MR) is 102 cm³/mol. The summed E-state index contributed by atoms with van der Waals surface area (Å²) in [6.45, 7) is 1.70. The van der Waals surface area contributed by atoms with E-state index in [1.165, 1.54) is 16.6 Å². The van der Waals surface area contributed by atoms with E-state index in [9.17, 15) is 4.79 Å². The van der Waals surface area contributed by atoms with Gasteiger partial charge in [-0.25, -0.2) is 4.98 Å². The van der Waals surface area contributed by atoms with Crippen LogP contribution in [0.25, 0.3) is 11.0 Å². The summed E-state index contributed by atoms with van der Waals surface area (Å²) in [7, 11) is 0. The van der Waals surface area contributed by atoms with Crippen LogP contribution in [0.4, 0.5) is 0 Å². The molecule has 26 heavy (non-hydrogen) atoms. The number of nitrogens with zero attached hydrogens (tertiary/aromatic N) is 3. The zero-order chi connectivity index (χ0) is 17.5. The first kappa shape index (κ1) is 15.6. The number of fused-ring (bicyclic) bond motifs is 2. The van der Waals surface area contributed by atoms with Crippen LogP contribution in [0, 0.1) is 5.92 Å². The van der Waals surface area contributed by atoms with E-state index < -0.39 is 0 Å². The third kappa shape index (κ3) is 2.61. The molecule has 0 atom stereocenters. The van der Waals surface area contributed by atoms with Crippen molar-refractivity contribution < 1.29 is 4.79 Å². The molecule has 1 aliphatic carbocycles. The Balaban J connectivity index is 1.25. The van der Waals surface area contributed by atoms with Crippen molar-refractivity contribution in [1.82, 2.24) is 14.5 Å². The van der Waals surface area contributed by atoms with Gasteiger partial charge in [0, 0.05) is 25.0 Å². The highest BCUT2D eigenvalue weighted by molar-refractivity contribution is 5.80. The Morgan fingerprint density at radius 1 is 0.923 bits per heavy atom. The Bertz CT molecular complexity index is 928. The highest BCUT2D eigenvalue weighted by Crippen LogP contribution is 2.31. The minimum absolute atomic E-state index is 0.137. The molecule has 1 saturated heterocycles. The topological polar surface area (TPSA) is 38.1 Å². The van der Waals surface area contributed by atoms with Gasteiger partial charge >= 0.3 is 0 Å². The molecule has 5 rings (SSSR count). The molecule has 0 radical (unpaired) electrons. The van der Waals surface area contributed by atoms with Gasteiger partial charge in [-0.1, -0.05) is 36.4 Å². The number of hydrogen-bond donors (Lipinski definition) is 0. The first-order valence-electron chi connectivity index (χ1n) is 9.57. The van der Waals surface area contributed by atoms with E-state index in [4.69, 9.17) is 0 Å². The van der Waals surface area contributed by atoms with E-state index in [1.54, 1.807) is 0 Å². The summed E-state index contributed by atoms with van der Waals surface area (Å²) in [5, 5.41) is 0. The van der Waals surface area contributed by atoms with Gasteiger partial charge < -0.3 is 9.47 Å². The fraction of sp³-hybridized carbons (Fsp3) is 0.364. The third-order valence-corrected chi connectivity index (χ3v) is 6.05. The van der Waals surface area contributed by atoms with Gasteiger partial charge in [-0.2, -0.15) is 0 Å². The lowest BCUT2D eigenvalue weighted by Crippen LogP contribution is -2.42. The lowest BCUT2D eigenvalue weighted by molar-refractivity contribution is -0.136. The molecule has 3 aromatic rings. The Morgan fingerprint density at radius 3 is 2.31 bits per heavy atom. The molecule has 2 aliphatic rings. The van der Waals surface area contributed by atoms with Crippen molar-refractivity contribution in [3.8, 4) is 0 Å². The van der Waals surface area contributed by atoms with Crippen molar-refractivity contribution in [2.24, 2.45) is 5.92 Å². The monoisotopic (exact) mass is 345 g/mol. The van der Waals surface area contributed by atoms with E-state index in [2.05, 4.69) is 56.9 Å². The molecule has 0 unspecified atom stereocenters. The number of benzene rings is 2. The van der Waals surface area contributed by atoms with Crippen molar-refractivity contribution in [1.29, 1.82) is 0 Å². The molecule has 4 nitrogen and oxygen atoms in total. The van der Waals surface area contributed by atoms with Crippen molar-refractivity contribution in [3.63, 3.8) is 0 Å². The number of likely N-dealkylation sites (tertiary alicyclic amines) is 1. The summed E-state index contributed by atoms with van der Waals surface area (Å²) in [6.07, 6.45) is 5.78. The van der Waals surface area contributed by atoms with Crippen LogP contribution >= 0.6 is 0 Å². The molecular weight excluding hydrogens is 322 g/mol. The molecule has 0 saturated carbocycles. The SMILES string of the molecule is O=C(C1Cc2ccccc2C1)N1CCC(n2cnc3ccccc32)CC1. The van der Waals surface area contributed by atoms with Crippen molar-refractivity contribution in [3.05, 3.63) is 66.0 Å². The zero-order valence-corrected chi connectivity index (χ0v) is 14.8. The number of para-hydroxylation sites is 2. The maximum absolute atomic E-state index is 13.0. The first-order valence-corrected chi connectivity index (χ1v) is 9.57. The number of rotatable bonds is 2. The van der Waals surface area contributed by atoms with Gasteiger partial charge in [0.25, 0.3) is 0 Å². The summed E-state index contributed by atoms with van der Waals surface area (Å²) in [5.41, 5.74) is 4.95. The zero-order valence-electron chi connectivity index (χ0n) is 14.8. The van der Waals surface area contributed by atoms with Crippen LogP contribution in [0.1, 0.15) is 30.0 Å². The van der Waals surface area contributed by atoms with Gasteiger partial charge in [-0.15, -0.1) is 0 Å². The lowest BCUT2D eigenvalue weighted by Gasteiger charge is -2.34. The molecule has 1 aliphatic heterocycles. The maximum Gasteiger partial charge on any atom is 0.226 e. The molecular formula is C22H23N3O. The molecule has 0 N–H and O–H groups in total. The van der Waals surface area contributed by atoms with Gasteiger partial charge in [-0.05, 0) is 48.9 Å². The standard InChI is InChI=1S/C22H23N3O/c26-22(18-13-16-5-1-2-6-17(16)14-18)24-11-9-19(10-12-24)25-15-23-20-7-3-4-8-21(20)25/h1-8,15,18-19H,9-14H2. The molecule has 2 aromatic carbocycles. The van der Waals surface area contributed by atoms with Crippen LogP contribution in [0.3, 0.4) is 0 Å². The van der Waals surface area contributed by atoms with Crippen LogP contribution in [-0.2, 0) is 17.6 Å². The molecule has 2 heterocycles. The summed E-state index contributed by atoms with van der Waals surface area (Å²) >= 11 is 0. The van der Waals surface area contributed by atoms with Gasteiger partial charge in [0.1, 0.15) is 0 Å². The summed E-state index contributed by atoms with van der Waals surface area (Å²) in [5.74, 6) is 0.480. The number of carbonyl (C=O) groups is 1. The Labute approximate surface area is 153 Å². The highest BCUT2D eigenvalue weighted by atomic mass is 16.2. The predicted octanol–water partition coefficient (Wildman–Crippen LogP) is 3.61. The number of piperidine rings is 1. The number of carbonyl (C=O) groups excluding carboxylic acids is 1. The minimum atomic E-state index is 0.137. The van der Waals surface area contributed by atoms with E-state index in [0.29, 0.717) is 11.9 Å². The van der Waals surface area contributed by atoms with Gasteiger partial charge in [-0.3, -0.25) is 4.79 Å². The molecule has 4 heteroatoms. The Kier molecular flexibility index (Phi) is 3.77. The van der Waals surface area contributed by atoms with Crippen molar-refractivity contribution in [2.75, 3.05) is 13.1 Å². The molecule has 1 aromatic heterocycles. The third-order valence-electron chi connectivity index (χ3n) is 6.05. The van der Waals surface area contributed by atoms with Crippen molar-refractivity contribution in [2.45, 2.75) is 31.7 Å². The minimum Gasteiger partial charge on any atom is -0.342 e. The fourth-order valence-electron chi connectivity index (χ4n) is 4.63. The first-order chi connectivity index (χ1) is 12.8. The average molecular weight is 345 g/mol. The number of imidazole rings is 1. The van der Waals surface area contributed by atoms with Gasteiger partial charge in [0.15, 0.2) is 0 Å². The Hall–Kier alpha value is -2.62. The van der Waals surface area contributed by atoms with E-state index in [1.807, 2.05) is 12.4 Å².